The number of pyridine rings is 1. The van der Waals surface area contributed by atoms with Crippen LogP contribution in [0.25, 0.3) is 0 Å². The van der Waals surface area contributed by atoms with Crippen LogP contribution in [0.5, 0.6) is 0 Å². The molecule has 0 atom stereocenters. The molecule has 0 aliphatic rings. The summed E-state index contributed by atoms with van der Waals surface area (Å²) in [5.41, 5.74) is 0.207. The van der Waals surface area contributed by atoms with Crippen LogP contribution in [0.2, 0.25) is 5.02 Å². The molecule has 0 radical (unpaired) electrons. The van der Waals surface area contributed by atoms with Crippen LogP contribution in [0.1, 0.15) is 11.1 Å². The van der Waals surface area contributed by atoms with Crippen molar-refractivity contribution in [3.8, 4) is 0 Å². The van der Waals surface area contributed by atoms with E-state index in [-0.39, 0.29) is 0 Å². The molecular formula is C14H12ClF3N2S. The third kappa shape index (κ3) is 4.12. The van der Waals surface area contributed by atoms with Crippen LogP contribution in [0.15, 0.2) is 46.5 Å². The lowest BCUT2D eigenvalue weighted by atomic mass is 10.2. The summed E-state index contributed by atoms with van der Waals surface area (Å²) in [6.07, 6.45) is -3.55. The van der Waals surface area contributed by atoms with Crippen LogP contribution >= 0.6 is 23.4 Å². The highest BCUT2D eigenvalue weighted by molar-refractivity contribution is 7.99. The molecule has 1 N–H and O–H groups in total. The van der Waals surface area contributed by atoms with Gasteiger partial charge in [-0.25, -0.2) is 4.98 Å². The van der Waals surface area contributed by atoms with Gasteiger partial charge in [0.05, 0.1) is 10.6 Å². The molecule has 0 unspecified atom stereocenters. The van der Waals surface area contributed by atoms with Crippen molar-refractivity contribution in [1.82, 2.24) is 10.3 Å². The first-order valence-electron chi connectivity index (χ1n) is 6.05. The van der Waals surface area contributed by atoms with Crippen molar-refractivity contribution in [2.24, 2.45) is 0 Å². The third-order valence-corrected chi connectivity index (χ3v) is 4.25. The average Bonchev–Trinajstić information content (AvgIpc) is 2.42. The lowest BCUT2D eigenvalue weighted by molar-refractivity contribution is -0.137. The minimum atomic E-state index is -4.38. The van der Waals surface area contributed by atoms with Gasteiger partial charge in [0.2, 0.25) is 0 Å². The fourth-order valence-electron chi connectivity index (χ4n) is 1.71. The van der Waals surface area contributed by atoms with Gasteiger partial charge in [-0.2, -0.15) is 13.2 Å². The molecule has 0 bridgehead atoms. The zero-order valence-electron chi connectivity index (χ0n) is 11.0. The lowest BCUT2D eigenvalue weighted by Crippen LogP contribution is -2.06. The summed E-state index contributed by atoms with van der Waals surface area (Å²) in [6, 6.07) is 7.85. The Bertz CT molecular complexity index is 615. The molecule has 2 nitrogen and oxygen atoms in total. The number of hydrogen-bond acceptors (Lipinski definition) is 3. The van der Waals surface area contributed by atoms with E-state index in [0.29, 0.717) is 16.6 Å². The third-order valence-electron chi connectivity index (χ3n) is 2.69. The zero-order valence-corrected chi connectivity index (χ0v) is 12.6. The minimum absolute atomic E-state index is 0.466. The molecule has 2 rings (SSSR count). The highest BCUT2D eigenvalue weighted by atomic mass is 35.5. The van der Waals surface area contributed by atoms with Crippen LogP contribution in [0, 0.1) is 0 Å². The summed E-state index contributed by atoms with van der Waals surface area (Å²) in [4.78, 5) is 4.64. The maximum absolute atomic E-state index is 12.5. The Morgan fingerprint density at radius 2 is 2.00 bits per heavy atom. The average molecular weight is 333 g/mol. The van der Waals surface area contributed by atoms with Crippen LogP contribution in [-0.2, 0) is 12.7 Å². The molecule has 0 spiro atoms. The van der Waals surface area contributed by atoms with E-state index < -0.39 is 11.7 Å². The van der Waals surface area contributed by atoms with Gasteiger partial charge < -0.3 is 5.32 Å². The molecular weight excluding hydrogens is 321 g/mol. The first kappa shape index (κ1) is 16.1. The predicted octanol–water partition coefficient (Wildman–Crippen LogP) is 4.62. The molecule has 21 heavy (non-hydrogen) atoms. The summed E-state index contributed by atoms with van der Waals surface area (Å²) >= 11 is 7.41. The number of nitrogens with zero attached hydrogens (tertiary/aromatic N) is 1. The fourth-order valence-corrected chi connectivity index (χ4v) is 2.91. The predicted molar refractivity (Wildman–Crippen MR) is 77.6 cm³/mol. The quantitative estimate of drug-likeness (QED) is 0.884. The molecule has 0 saturated carbocycles. The zero-order chi connectivity index (χ0) is 15.5. The van der Waals surface area contributed by atoms with Crippen LogP contribution in [-0.4, -0.2) is 12.0 Å². The number of nitrogens with one attached hydrogen (secondary N) is 1. The topological polar surface area (TPSA) is 24.9 Å². The van der Waals surface area contributed by atoms with E-state index in [2.05, 4.69) is 10.3 Å². The van der Waals surface area contributed by atoms with Gasteiger partial charge >= 0.3 is 6.18 Å². The first-order chi connectivity index (χ1) is 9.91. The number of aromatic nitrogens is 1. The number of benzene rings is 1. The van der Waals surface area contributed by atoms with Crippen LogP contribution < -0.4 is 5.32 Å². The van der Waals surface area contributed by atoms with Gasteiger partial charge in [0.15, 0.2) is 0 Å². The second-order valence-electron chi connectivity index (χ2n) is 4.24. The van der Waals surface area contributed by atoms with Gasteiger partial charge in [0.25, 0.3) is 0 Å². The number of rotatable bonds is 4. The Labute approximate surface area is 129 Å². The van der Waals surface area contributed by atoms with E-state index in [0.717, 1.165) is 22.7 Å². The summed E-state index contributed by atoms with van der Waals surface area (Å²) in [5.74, 6) is 0. The van der Waals surface area contributed by atoms with Crippen molar-refractivity contribution in [3.63, 3.8) is 0 Å². The van der Waals surface area contributed by atoms with Crippen molar-refractivity contribution in [2.45, 2.75) is 22.6 Å². The highest BCUT2D eigenvalue weighted by Crippen LogP contribution is 2.36. The Morgan fingerprint density at radius 1 is 1.24 bits per heavy atom. The monoisotopic (exact) mass is 332 g/mol. The molecule has 2 aromatic rings. The van der Waals surface area contributed by atoms with Gasteiger partial charge in [-0.05, 0) is 30.8 Å². The smallest absolute Gasteiger partial charge is 0.316 e. The van der Waals surface area contributed by atoms with E-state index >= 15 is 0 Å². The molecule has 0 saturated heterocycles. The number of hydrogen-bond donors (Lipinski definition) is 1. The lowest BCUT2D eigenvalue weighted by Gasteiger charge is -2.11. The molecule has 1 heterocycles. The van der Waals surface area contributed by atoms with Crippen LogP contribution in [0.4, 0.5) is 13.2 Å². The highest BCUT2D eigenvalue weighted by Gasteiger charge is 2.30. The van der Waals surface area contributed by atoms with Gasteiger partial charge in [-0.1, -0.05) is 35.5 Å². The van der Waals surface area contributed by atoms with Gasteiger partial charge in [-0.3, -0.25) is 0 Å². The second kappa shape index (κ2) is 6.68. The van der Waals surface area contributed by atoms with Gasteiger partial charge in [0.1, 0.15) is 5.03 Å². The first-order valence-corrected chi connectivity index (χ1v) is 7.24. The Hall–Kier alpha value is -1.24. The standard InChI is InChI=1S/C14H12ClF3N2S/c1-19-7-9-3-2-4-11(15)13(9)21-12-6-5-10(8-20-12)14(16,17)18/h2-6,8,19H,7H2,1H3. The largest absolute Gasteiger partial charge is 0.417 e. The van der Waals surface area contributed by atoms with E-state index in [4.69, 9.17) is 11.6 Å². The van der Waals surface area contributed by atoms with Gasteiger partial charge in [-0.15, -0.1) is 0 Å². The molecule has 0 fully saturated rings. The van der Waals surface area contributed by atoms with Crippen molar-refractivity contribution in [1.29, 1.82) is 0 Å². The van der Waals surface area contributed by atoms with E-state index in [1.165, 1.54) is 17.8 Å². The molecule has 0 amide bonds. The van der Waals surface area contributed by atoms with Crippen molar-refractivity contribution >= 4 is 23.4 Å². The molecule has 0 aliphatic heterocycles. The second-order valence-corrected chi connectivity index (χ2v) is 5.68. The maximum Gasteiger partial charge on any atom is 0.417 e. The van der Waals surface area contributed by atoms with Crippen molar-refractivity contribution < 1.29 is 13.2 Å². The Kier molecular flexibility index (Phi) is 5.13. The summed E-state index contributed by atoms with van der Waals surface area (Å²) in [7, 11) is 1.81. The maximum atomic E-state index is 12.5. The van der Waals surface area contributed by atoms with Gasteiger partial charge in [0, 0.05) is 17.6 Å². The Balaban J connectivity index is 2.26. The number of alkyl halides is 3. The normalized spacial score (nSPS) is 11.7. The molecule has 112 valence electrons. The SMILES string of the molecule is CNCc1cccc(Cl)c1Sc1ccc(C(F)(F)F)cn1. The summed E-state index contributed by atoms with van der Waals surface area (Å²) < 4.78 is 37.5. The molecule has 7 heteroatoms. The van der Waals surface area contributed by atoms with Crippen molar-refractivity contribution in [2.75, 3.05) is 7.05 Å². The molecule has 1 aromatic heterocycles. The molecule has 0 aliphatic carbocycles. The molecule has 1 aromatic carbocycles. The van der Waals surface area contributed by atoms with Crippen LogP contribution in [0.3, 0.4) is 0 Å². The number of halogens is 4. The fraction of sp³-hybridized carbons (Fsp3) is 0.214. The Morgan fingerprint density at radius 3 is 2.57 bits per heavy atom. The van der Waals surface area contributed by atoms with E-state index in [9.17, 15) is 13.2 Å². The van der Waals surface area contributed by atoms with Crippen molar-refractivity contribution in [3.05, 3.63) is 52.7 Å². The summed E-state index contributed by atoms with van der Waals surface area (Å²) in [6.45, 7) is 0.615. The van der Waals surface area contributed by atoms with E-state index in [1.54, 1.807) is 6.07 Å². The van der Waals surface area contributed by atoms with E-state index in [1.807, 2.05) is 19.2 Å². The summed E-state index contributed by atoms with van der Waals surface area (Å²) in [5, 5.41) is 4.04. The minimum Gasteiger partial charge on any atom is -0.316 e.